The van der Waals surface area contributed by atoms with Crippen LogP contribution in [0.25, 0.3) is 0 Å². The third kappa shape index (κ3) is 3.63. The van der Waals surface area contributed by atoms with E-state index in [1.54, 1.807) is 12.1 Å². The van der Waals surface area contributed by atoms with Crippen LogP contribution in [0.15, 0.2) is 42.5 Å². The maximum atomic E-state index is 6.08. The van der Waals surface area contributed by atoms with Gasteiger partial charge in [-0.15, -0.1) is 0 Å². The van der Waals surface area contributed by atoms with E-state index in [-0.39, 0.29) is 6.04 Å². The molecule has 2 N–H and O–H groups in total. The molecule has 0 heterocycles. The standard InChI is InChI=1S/C15H15Cl2NO/c1-10(18)11-5-7-12(8-6-11)19-9-13-14(16)3-2-4-15(13)17/h2-8,10H,9,18H2,1H3/t10-/m1/s1. The fraction of sp³-hybridized carbons (Fsp3) is 0.200. The van der Waals surface area contributed by atoms with Crippen molar-refractivity contribution in [3.05, 3.63) is 63.6 Å². The largest absolute Gasteiger partial charge is 0.489 e. The zero-order chi connectivity index (χ0) is 13.8. The summed E-state index contributed by atoms with van der Waals surface area (Å²) >= 11 is 12.2. The van der Waals surface area contributed by atoms with E-state index in [0.29, 0.717) is 16.7 Å². The van der Waals surface area contributed by atoms with Gasteiger partial charge in [0, 0.05) is 21.7 Å². The molecule has 0 aliphatic rings. The molecule has 0 radical (unpaired) electrons. The maximum absolute atomic E-state index is 6.08. The summed E-state index contributed by atoms with van der Waals surface area (Å²) in [6.45, 7) is 2.29. The third-order valence-corrected chi connectivity index (χ3v) is 3.56. The predicted octanol–water partition coefficient (Wildman–Crippen LogP) is 4.59. The Morgan fingerprint density at radius 1 is 1.05 bits per heavy atom. The first-order chi connectivity index (χ1) is 9.08. The lowest BCUT2D eigenvalue weighted by Gasteiger charge is -2.11. The lowest BCUT2D eigenvalue weighted by atomic mass is 10.1. The van der Waals surface area contributed by atoms with Gasteiger partial charge in [-0.2, -0.15) is 0 Å². The van der Waals surface area contributed by atoms with Crippen molar-refractivity contribution in [3.63, 3.8) is 0 Å². The molecule has 0 saturated heterocycles. The van der Waals surface area contributed by atoms with Crippen molar-refractivity contribution in [2.45, 2.75) is 19.6 Å². The van der Waals surface area contributed by atoms with Crippen LogP contribution in [0.1, 0.15) is 24.1 Å². The molecule has 0 amide bonds. The summed E-state index contributed by atoms with van der Waals surface area (Å²) in [7, 11) is 0. The van der Waals surface area contributed by atoms with Crippen molar-refractivity contribution >= 4 is 23.2 Å². The highest BCUT2D eigenvalue weighted by Crippen LogP contribution is 2.26. The van der Waals surface area contributed by atoms with Crippen LogP contribution in [-0.4, -0.2) is 0 Å². The highest BCUT2D eigenvalue weighted by Gasteiger charge is 2.06. The molecular formula is C15H15Cl2NO. The molecule has 0 aromatic heterocycles. The molecule has 100 valence electrons. The number of benzene rings is 2. The average Bonchev–Trinajstić information content (AvgIpc) is 2.38. The fourth-order valence-corrected chi connectivity index (χ4v) is 2.20. The monoisotopic (exact) mass is 295 g/mol. The molecule has 2 aromatic carbocycles. The minimum Gasteiger partial charge on any atom is -0.489 e. The zero-order valence-electron chi connectivity index (χ0n) is 10.6. The lowest BCUT2D eigenvalue weighted by Crippen LogP contribution is -2.04. The van der Waals surface area contributed by atoms with Crippen LogP contribution < -0.4 is 10.5 Å². The van der Waals surface area contributed by atoms with Gasteiger partial charge in [-0.1, -0.05) is 41.4 Å². The molecule has 4 heteroatoms. The normalized spacial score (nSPS) is 12.2. The first-order valence-electron chi connectivity index (χ1n) is 5.99. The molecule has 0 bridgehead atoms. The summed E-state index contributed by atoms with van der Waals surface area (Å²) in [5.74, 6) is 0.764. The molecule has 2 nitrogen and oxygen atoms in total. The number of halogens is 2. The van der Waals surface area contributed by atoms with Crippen molar-refractivity contribution in [3.8, 4) is 5.75 Å². The Bertz CT molecular complexity index is 532. The van der Waals surface area contributed by atoms with Gasteiger partial charge in [0.1, 0.15) is 12.4 Å². The Hall–Kier alpha value is -1.22. The Balaban J connectivity index is 2.06. The van der Waals surface area contributed by atoms with Crippen LogP contribution in [-0.2, 0) is 6.61 Å². The molecule has 0 aliphatic heterocycles. The van der Waals surface area contributed by atoms with Crippen LogP contribution in [0.4, 0.5) is 0 Å². The topological polar surface area (TPSA) is 35.2 Å². The van der Waals surface area contributed by atoms with Crippen LogP contribution in [0.5, 0.6) is 5.75 Å². The minimum atomic E-state index is 0.0204. The van der Waals surface area contributed by atoms with E-state index >= 15 is 0 Å². The van der Waals surface area contributed by atoms with E-state index in [4.69, 9.17) is 33.7 Å². The molecule has 2 aromatic rings. The van der Waals surface area contributed by atoms with E-state index in [2.05, 4.69) is 0 Å². The highest BCUT2D eigenvalue weighted by atomic mass is 35.5. The van der Waals surface area contributed by atoms with Gasteiger partial charge in [0.05, 0.1) is 0 Å². The highest BCUT2D eigenvalue weighted by molar-refractivity contribution is 6.35. The smallest absolute Gasteiger partial charge is 0.119 e. The van der Waals surface area contributed by atoms with E-state index in [0.717, 1.165) is 16.9 Å². The molecule has 0 aliphatic carbocycles. The average molecular weight is 296 g/mol. The van der Waals surface area contributed by atoms with Crippen LogP contribution >= 0.6 is 23.2 Å². The van der Waals surface area contributed by atoms with Gasteiger partial charge in [-0.3, -0.25) is 0 Å². The van der Waals surface area contributed by atoms with Crippen molar-refractivity contribution in [2.75, 3.05) is 0 Å². The van der Waals surface area contributed by atoms with Gasteiger partial charge in [-0.05, 0) is 36.8 Å². The number of hydrogen-bond donors (Lipinski definition) is 1. The van der Waals surface area contributed by atoms with Gasteiger partial charge in [0.15, 0.2) is 0 Å². The fourth-order valence-electron chi connectivity index (χ4n) is 1.69. The molecule has 19 heavy (non-hydrogen) atoms. The summed E-state index contributed by atoms with van der Waals surface area (Å²) < 4.78 is 5.68. The number of ether oxygens (including phenoxy) is 1. The van der Waals surface area contributed by atoms with E-state index < -0.39 is 0 Å². The summed E-state index contributed by atoms with van der Waals surface area (Å²) in [4.78, 5) is 0. The third-order valence-electron chi connectivity index (χ3n) is 2.85. The summed E-state index contributed by atoms with van der Waals surface area (Å²) in [5.41, 5.74) is 7.66. The predicted molar refractivity (Wildman–Crippen MR) is 79.8 cm³/mol. The van der Waals surface area contributed by atoms with Crippen molar-refractivity contribution in [2.24, 2.45) is 5.73 Å². The Labute approximate surface area is 123 Å². The molecule has 2 rings (SSSR count). The molecule has 0 saturated carbocycles. The molecule has 1 atom stereocenters. The Kier molecular flexibility index (Phi) is 4.70. The first-order valence-corrected chi connectivity index (χ1v) is 6.74. The van der Waals surface area contributed by atoms with Gasteiger partial charge in [0.25, 0.3) is 0 Å². The first kappa shape index (κ1) is 14.2. The minimum absolute atomic E-state index is 0.0204. The molecular weight excluding hydrogens is 281 g/mol. The maximum Gasteiger partial charge on any atom is 0.119 e. The number of hydrogen-bond acceptors (Lipinski definition) is 2. The SMILES string of the molecule is C[C@@H](N)c1ccc(OCc2c(Cl)cccc2Cl)cc1. The van der Waals surface area contributed by atoms with Crippen molar-refractivity contribution in [1.29, 1.82) is 0 Å². The molecule has 0 unspecified atom stereocenters. The van der Waals surface area contributed by atoms with E-state index in [1.165, 1.54) is 0 Å². The second kappa shape index (κ2) is 6.29. The van der Waals surface area contributed by atoms with Gasteiger partial charge in [-0.25, -0.2) is 0 Å². The van der Waals surface area contributed by atoms with Gasteiger partial charge >= 0.3 is 0 Å². The van der Waals surface area contributed by atoms with Crippen LogP contribution in [0, 0.1) is 0 Å². The summed E-state index contributed by atoms with van der Waals surface area (Å²) in [5, 5.41) is 1.22. The van der Waals surface area contributed by atoms with Crippen molar-refractivity contribution < 1.29 is 4.74 Å². The number of nitrogens with two attached hydrogens (primary N) is 1. The zero-order valence-corrected chi connectivity index (χ0v) is 12.1. The molecule has 0 fully saturated rings. The summed E-state index contributed by atoms with van der Waals surface area (Å²) in [6, 6.07) is 13.1. The van der Waals surface area contributed by atoms with Gasteiger partial charge < -0.3 is 10.5 Å². The Morgan fingerprint density at radius 3 is 2.16 bits per heavy atom. The van der Waals surface area contributed by atoms with Gasteiger partial charge in [0.2, 0.25) is 0 Å². The second-order valence-electron chi connectivity index (χ2n) is 4.35. The Morgan fingerprint density at radius 2 is 1.63 bits per heavy atom. The lowest BCUT2D eigenvalue weighted by molar-refractivity contribution is 0.306. The van der Waals surface area contributed by atoms with Crippen molar-refractivity contribution in [1.82, 2.24) is 0 Å². The summed E-state index contributed by atoms with van der Waals surface area (Å²) in [6.07, 6.45) is 0. The molecule has 0 spiro atoms. The number of rotatable bonds is 4. The van der Waals surface area contributed by atoms with Crippen LogP contribution in [0.2, 0.25) is 10.0 Å². The van der Waals surface area contributed by atoms with E-state index in [1.807, 2.05) is 37.3 Å². The van der Waals surface area contributed by atoms with E-state index in [9.17, 15) is 0 Å². The quantitative estimate of drug-likeness (QED) is 0.895. The van der Waals surface area contributed by atoms with Crippen LogP contribution in [0.3, 0.4) is 0 Å². The second-order valence-corrected chi connectivity index (χ2v) is 5.16.